The summed E-state index contributed by atoms with van der Waals surface area (Å²) in [5.74, 6) is 1.83. The highest BCUT2D eigenvalue weighted by atomic mass is 16.5. The number of benzene rings is 3. The van der Waals surface area contributed by atoms with Crippen LogP contribution in [0, 0.1) is 0 Å². The van der Waals surface area contributed by atoms with Crippen molar-refractivity contribution in [2.75, 3.05) is 21.3 Å². The van der Waals surface area contributed by atoms with Gasteiger partial charge in [-0.3, -0.25) is 4.79 Å². The number of ether oxygens (including phenoxy) is 4. The smallest absolute Gasteiger partial charge is 0.280 e. The molecule has 0 aliphatic carbocycles. The summed E-state index contributed by atoms with van der Waals surface area (Å²) < 4.78 is 21.6. The van der Waals surface area contributed by atoms with Crippen molar-refractivity contribution >= 4 is 22.9 Å². The summed E-state index contributed by atoms with van der Waals surface area (Å²) in [5.41, 5.74) is 3.11. The van der Waals surface area contributed by atoms with Gasteiger partial charge < -0.3 is 18.9 Å². The van der Waals surface area contributed by atoms with Crippen LogP contribution in [0.2, 0.25) is 0 Å². The Bertz CT molecular complexity index is 1060. The lowest BCUT2D eigenvalue weighted by Crippen LogP contribution is -2.33. The van der Waals surface area contributed by atoms with Gasteiger partial charge in [-0.15, -0.1) is 0 Å². The molecule has 1 N–H and O–H groups in total. The number of nitrogens with one attached hydrogen (secondary N) is 1. The van der Waals surface area contributed by atoms with E-state index in [-0.39, 0.29) is 5.91 Å². The molecule has 7 nitrogen and oxygen atoms in total. The van der Waals surface area contributed by atoms with Crippen LogP contribution in [-0.4, -0.2) is 39.6 Å². The summed E-state index contributed by atoms with van der Waals surface area (Å²) in [6, 6.07) is 17.0. The van der Waals surface area contributed by atoms with Crippen LogP contribution in [0.15, 0.2) is 59.7 Å². The number of rotatable bonds is 8. The third-order valence-corrected chi connectivity index (χ3v) is 4.52. The first kappa shape index (κ1) is 21.0. The van der Waals surface area contributed by atoms with E-state index >= 15 is 0 Å². The van der Waals surface area contributed by atoms with Gasteiger partial charge in [0.2, 0.25) is 0 Å². The molecule has 0 aromatic heterocycles. The molecular weight excluding hydrogens is 384 g/mol. The molecule has 3 rings (SSSR count). The van der Waals surface area contributed by atoms with Crippen LogP contribution in [0.25, 0.3) is 10.8 Å². The monoisotopic (exact) mass is 408 g/mol. The number of amides is 1. The number of nitrogens with zero attached hydrogens (tertiary/aromatic N) is 1. The summed E-state index contributed by atoms with van der Waals surface area (Å²) in [6.45, 7) is 1.66. The standard InChI is InChI=1S/C23H24N2O5/c1-15(30-19-10-9-16-7-5-6-8-17(16)11-19)23(26)25-24-14-18-12-21(28-3)22(29-4)13-20(18)27-2/h5-15H,1-4H3,(H,25,26)/b24-14-/t15-/m1/s1. The normalized spacial score (nSPS) is 11.9. The minimum atomic E-state index is -0.726. The van der Waals surface area contributed by atoms with Crippen LogP contribution in [0.3, 0.4) is 0 Å². The van der Waals surface area contributed by atoms with E-state index in [0.717, 1.165) is 10.8 Å². The van der Waals surface area contributed by atoms with E-state index in [1.165, 1.54) is 13.3 Å². The molecule has 7 heteroatoms. The highest BCUT2D eigenvalue weighted by Gasteiger charge is 2.15. The van der Waals surface area contributed by atoms with Gasteiger partial charge in [0.05, 0.1) is 27.5 Å². The first-order chi connectivity index (χ1) is 14.5. The van der Waals surface area contributed by atoms with Gasteiger partial charge in [-0.2, -0.15) is 5.10 Å². The number of carbonyl (C=O) groups is 1. The van der Waals surface area contributed by atoms with Gasteiger partial charge in [-0.1, -0.05) is 30.3 Å². The first-order valence-electron chi connectivity index (χ1n) is 9.34. The molecule has 0 fully saturated rings. The lowest BCUT2D eigenvalue weighted by molar-refractivity contribution is -0.127. The predicted molar refractivity (Wildman–Crippen MR) is 116 cm³/mol. The van der Waals surface area contributed by atoms with E-state index < -0.39 is 6.10 Å². The third-order valence-electron chi connectivity index (χ3n) is 4.52. The van der Waals surface area contributed by atoms with Crippen molar-refractivity contribution in [2.24, 2.45) is 5.10 Å². The number of methoxy groups -OCH3 is 3. The van der Waals surface area contributed by atoms with E-state index in [1.54, 1.807) is 33.3 Å². The average molecular weight is 408 g/mol. The second-order valence-corrected chi connectivity index (χ2v) is 6.45. The van der Waals surface area contributed by atoms with Crippen molar-refractivity contribution in [1.29, 1.82) is 0 Å². The van der Waals surface area contributed by atoms with E-state index in [0.29, 0.717) is 28.6 Å². The van der Waals surface area contributed by atoms with E-state index in [2.05, 4.69) is 10.5 Å². The Balaban J connectivity index is 1.66. The molecule has 0 spiro atoms. The number of hydrogen-bond acceptors (Lipinski definition) is 6. The fourth-order valence-corrected chi connectivity index (χ4v) is 2.91. The molecule has 156 valence electrons. The Morgan fingerprint density at radius 1 is 0.900 bits per heavy atom. The summed E-state index contributed by atoms with van der Waals surface area (Å²) in [7, 11) is 4.62. The molecule has 1 amide bonds. The minimum Gasteiger partial charge on any atom is -0.496 e. The lowest BCUT2D eigenvalue weighted by atomic mass is 10.1. The van der Waals surface area contributed by atoms with Crippen LogP contribution in [-0.2, 0) is 4.79 Å². The van der Waals surface area contributed by atoms with E-state index in [1.807, 2.05) is 42.5 Å². The molecule has 0 aliphatic rings. The predicted octanol–water partition coefficient (Wildman–Crippen LogP) is 3.78. The van der Waals surface area contributed by atoms with Crippen LogP contribution in [0.1, 0.15) is 12.5 Å². The maximum atomic E-state index is 12.4. The van der Waals surface area contributed by atoms with Crippen molar-refractivity contribution in [3.05, 3.63) is 60.2 Å². The fraction of sp³-hybridized carbons (Fsp3) is 0.217. The number of hydrogen-bond donors (Lipinski definition) is 1. The Hall–Kier alpha value is -3.74. The summed E-state index contributed by atoms with van der Waals surface area (Å²) in [6.07, 6.45) is 0.747. The Kier molecular flexibility index (Phi) is 6.75. The maximum absolute atomic E-state index is 12.4. The first-order valence-corrected chi connectivity index (χ1v) is 9.34. The van der Waals surface area contributed by atoms with Crippen molar-refractivity contribution in [3.63, 3.8) is 0 Å². The van der Waals surface area contributed by atoms with Gasteiger partial charge in [-0.25, -0.2) is 5.43 Å². The van der Waals surface area contributed by atoms with Gasteiger partial charge in [0, 0.05) is 11.6 Å². The van der Waals surface area contributed by atoms with Crippen LogP contribution >= 0.6 is 0 Å². The molecule has 30 heavy (non-hydrogen) atoms. The summed E-state index contributed by atoms with van der Waals surface area (Å²) in [4.78, 5) is 12.4. The largest absolute Gasteiger partial charge is 0.496 e. The number of hydrazone groups is 1. The summed E-state index contributed by atoms with van der Waals surface area (Å²) in [5, 5.41) is 6.16. The van der Waals surface area contributed by atoms with Crippen molar-refractivity contribution in [2.45, 2.75) is 13.0 Å². The number of fused-ring (bicyclic) bond motifs is 1. The quantitative estimate of drug-likeness (QED) is 0.453. The van der Waals surface area contributed by atoms with Crippen molar-refractivity contribution in [3.8, 4) is 23.0 Å². The highest BCUT2D eigenvalue weighted by molar-refractivity contribution is 5.88. The lowest BCUT2D eigenvalue weighted by Gasteiger charge is -2.14. The molecule has 0 saturated heterocycles. The van der Waals surface area contributed by atoms with Crippen molar-refractivity contribution < 1.29 is 23.7 Å². The van der Waals surface area contributed by atoms with E-state index in [4.69, 9.17) is 18.9 Å². The molecule has 3 aromatic carbocycles. The van der Waals surface area contributed by atoms with Gasteiger partial charge >= 0.3 is 0 Å². The minimum absolute atomic E-state index is 0.376. The second-order valence-electron chi connectivity index (χ2n) is 6.45. The fourth-order valence-electron chi connectivity index (χ4n) is 2.91. The maximum Gasteiger partial charge on any atom is 0.280 e. The molecule has 3 aromatic rings. The SMILES string of the molecule is COc1cc(OC)c(OC)cc1/C=N\NC(=O)[C@@H](C)Oc1ccc2ccccc2c1. The van der Waals surface area contributed by atoms with Gasteiger partial charge in [-0.05, 0) is 35.9 Å². The Labute approximate surface area is 175 Å². The Morgan fingerprint density at radius 3 is 2.27 bits per heavy atom. The molecule has 1 atom stereocenters. The average Bonchev–Trinajstić information content (AvgIpc) is 2.78. The van der Waals surface area contributed by atoms with Gasteiger partial charge in [0.1, 0.15) is 11.5 Å². The topological polar surface area (TPSA) is 78.4 Å². The third kappa shape index (κ3) is 4.81. The van der Waals surface area contributed by atoms with Crippen molar-refractivity contribution in [1.82, 2.24) is 5.43 Å². The van der Waals surface area contributed by atoms with Crippen LogP contribution in [0.5, 0.6) is 23.0 Å². The van der Waals surface area contributed by atoms with Gasteiger partial charge in [0.25, 0.3) is 5.91 Å². The highest BCUT2D eigenvalue weighted by Crippen LogP contribution is 2.33. The molecule has 0 aliphatic heterocycles. The second kappa shape index (κ2) is 9.65. The number of carbonyl (C=O) groups excluding carboxylic acids is 1. The van der Waals surface area contributed by atoms with Gasteiger partial charge in [0.15, 0.2) is 17.6 Å². The Morgan fingerprint density at radius 2 is 1.57 bits per heavy atom. The zero-order valence-corrected chi connectivity index (χ0v) is 17.3. The summed E-state index contributed by atoms with van der Waals surface area (Å²) >= 11 is 0. The van der Waals surface area contributed by atoms with Crippen LogP contribution < -0.4 is 24.4 Å². The molecule has 0 unspecified atom stereocenters. The molecule has 0 heterocycles. The van der Waals surface area contributed by atoms with Crippen LogP contribution in [0.4, 0.5) is 0 Å². The zero-order valence-electron chi connectivity index (χ0n) is 17.3. The molecule has 0 saturated carbocycles. The zero-order chi connectivity index (χ0) is 21.5. The molecule has 0 radical (unpaired) electrons. The van der Waals surface area contributed by atoms with E-state index in [9.17, 15) is 4.79 Å². The molecule has 0 bridgehead atoms. The molecular formula is C23H24N2O5.